The largest absolute Gasteiger partial charge is 0.341 e. The Morgan fingerprint density at radius 1 is 0.974 bits per heavy atom. The Morgan fingerprint density at radius 3 is 2.37 bits per heavy atom. The number of benzene rings is 2. The number of hydrogen-bond acceptors (Lipinski definition) is 3. The molecule has 2 saturated heterocycles. The Hall–Kier alpha value is -2.80. The maximum Gasteiger partial charge on any atom is 0.227 e. The van der Waals surface area contributed by atoms with Crippen molar-refractivity contribution in [3.05, 3.63) is 71.3 Å². The highest BCUT2D eigenvalue weighted by molar-refractivity contribution is 5.81. The van der Waals surface area contributed by atoms with Crippen LogP contribution >= 0.6 is 0 Å². The van der Waals surface area contributed by atoms with Gasteiger partial charge in [0.15, 0.2) is 0 Å². The van der Waals surface area contributed by atoms with E-state index < -0.39 is 17.6 Å². The van der Waals surface area contributed by atoms with E-state index in [-0.39, 0.29) is 29.3 Å². The molecule has 0 radical (unpaired) electrons. The molecule has 0 saturated carbocycles. The fourth-order valence-corrected chi connectivity index (χ4v) is 5.98. The van der Waals surface area contributed by atoms with Crippen molar-refractivity contribution in [3.8, 4) is 0 Å². The van der Waals surface area contributed by atoms with Crippen LogP contribution in [-0.4, -0.2) is 64.8 Å². The minimum Gasteiger partial charge on any atom is -0.341 e. The van der Waals surface area contributed by atoms with E-state index >= 15 is 0 Å². The molecule has 2 heterocycles. The number of rotatable bonds is 5. The number of carbonyl (C=O) groups is 2. The lowest BCUT2D eigenvalue weighted by Gasteiger charge is -2.38. The van der Waals surface area contributed by atoms with E-state index in [0.717, 1.165) is 30.9 Å². The van der Waals surface area contributed by atoms with Crippen LogP contribution in [0.4, 0.5) is 8.78 Å². The highest BCUT2D eigenvalue weighted by atomic mass is 19.1. The molecule has 2 amide bonds. The van der Waals surface area contributed by atoms with Crippen LogP contribution in [0.1, 0.15) is 76.5 Å². The summed E-state index contributed by atoms with van der Waals surface area (Å²) in [5, 5.41) is 0. The molecule has 206 valence electrons. The Bertz CT molecular complexity index is 1120. The lowest BCUT2D eigenvalue weighted by molar-refractivity contribution is -0.140. The minimum absolute atomic E-state index is 0.00331. The highest BCUT2D eigenvalue weighted by Gasteiger charge is 2.44. The first-order valence-corrected chi connectivity index (χ1v) is 13.9. The van der Waals surface area contributed by atoms with Gasteiger partial charge < -0.3 is 9.80 Å². The van der Waals surface area contributed by atoms with Crippen molar-refractivity contribution in [3.63, 3.8) is 0 Å². The summed E-state index contributed by atoms with van der Waals surface area (Å²) in [5.41, 5.74) is 1.33. The maximum absolute atomic E-state index is 14.9. The zero-order chi connectivity index (χ0) is 27.4. The summed E-state index contributed by atoms with van der Waals surface area (Å²) in [6.07, 6.45) is 2.80. The van der Waals surface area contributed by atoms with Crippen LogP contribution < -0.4 is 0 Å². The average molecular weight is 526 g/mol. The van der Waals surface area contributed by atoms with E-state index in [2.05, 4.69) is 37.8 Å². The minimum atomic E-state index is -0.617. The summed E-state index contributed by atoms with van der Waals surface area (Å²) in [6, 6.07) is 13.8. The van der Waals surface area contributed by atoms with E-state index in [0.29, 0.717) is 44.7 Å². The second-order valence-electron chi connectivity index (χ2n) is 11.7. The third-order valence-corrected chi connectivity index (χ3v) is 8.12. The fourth-order valence-electron chi connectivity index (χ4n) is 5.98. The second-order valence-corrected chi connectivity index (χ2v) is 11.7. The van der Waals surface area contributed by atoms with Gasteiger partial charge in [0.2, 0.25) is 11.8 Å². The third kappa shape index (κ3) is 6.25. The molecule has 5 nitrogen and oxygen atoms in total. The number of likely N-dealkylation sites (tertiary alicyclic amines) is 1. The van der Waals surface area contributed by atoms with Gasteiger partial charge in [0, 0.05) is 56.7 Å². The molecular weight excluding hydrogens is 484 g/mol. The molecule has 2 aromatic rings. The second kappa shape index (κ2) is 11.9. The van der Waals surface area contributed by atoms with Crippen LogP contribution in [0.25, 0.3) is 0 Å². The molecule has 0 aromatic heterocycles. The molecule has 4 rings (SSSR count). The number of hydrogen-bond donors (Lipinski definition) is 0. The van der Waals surface area contributed by atoms with Gasteiger partial charge in [0.25, 0.3) is 0 Å². The van der Waals surface area contributed by atoms with E-state index in [1.807, 2.05) is 34.9 Å². The molecule has 7 heteroatoms. The molecule has 3 atom stereocenters. The molecule has 0 bridgehead atoms. The van der Waals surface area contributed by atoms with Gasteiger partial charge in [-0.25, -0.2) is 8.78 Å². The van der Waals surface area contributed by atoms with Gasteiger partial charge in [-0.15, -0.1) is 0 Å². The van der Waals surface area contributed by atoms with Gasteiger partial charge in [-0.3, -0.25) is 14.5 Å². The molecule has 0 aliphatic carbocycles. The number of carbonyl (C=O) groups excluding carboxylic acids is 2. The van der Waals surface area contributed by atoms with Crippen molar-refractivity contribution < 1.29 is 18.4 Å². The smallest absolute Gasteiger partial charge is 0.227 e. The number of halogens is 2. The fraction of sp³-hybridized carbons (Fsp3) is 0.548. The van der Waals surface area contributed by atoms with Gasteiger partial charge in [-0.2, -0.15) is 0 Å². The standard InChI is InChI=1S/C31H41F2N3O2/c1-5-10-29(37)36-18-17-34(16-9-13-28(36)22-11-7-6-8-12-22)30(38)26-21-35(31(2,3)4)20-25(26)24-15-14-23(32)19-27(24)33/h6-8,11-12,14-15,19,25-26,28H,5,9-10,13,16-18,20-21H2,1-4H3/t25-,26+,28?/m0/s1. The average Bonchev–Trinajstić information content (AvgIpc) is 3.30. The van der Waals surface area contributed by atoms with E-state index in [1.54, 1.807) is 0 Å². The lowest BCUT2D eigenvalue weighted by atomic mass is 9.87. The predicted molar refractivity (Wildman–Crippen MR) is 146 cm³/mol. The summed E-state index contributed by atoms with van der Waals surface area (Å²) in [5.74, 6) is -1.90. The van der Waals surface area contributed by atoms with Gasteiger partial charge in [-0.1, -0.05) is 43.3 Å². The molecule has 2 aliphatic rings. The first-order valence-electron chi connectivity index (χ1n) is 13.9. The SMILES string of the molecule is CCCC(=O)N1CCN(C(=O)[C@@H]2CN(C(C)(C)C)C[C@H]2c2ccc(F)cc2F)CCCC1c1ccccc1. The van der Waals surface area contributed by atoms with Crippen LogP contribution in [0.2, 0.25) is 0 Å². The van der Waals surface area contributed by atoms with E-state index in [1.165, 1.54) is 12.1 Å². The normalized spacial score (nSPS) is 23.3. The Balaban J connectivity index is 1.58. The van der Waals surface area contributed by atoms with Crippen molar-refractivity contribution in [2.45, 2.75) is 70.9 Å². The van der Waals surface area contributed by atoms with Crippen LogP contribution in [0.3, 0.4) is 0 Å². The van der Waals surface area contributed by atoms with Crippen molar-refractivity contribution in [2.75, 3.05) is 32.7 Å². The molecule has 2 aromatic carbocycles. The Labute approximate surface area is 225 Å². The molecule has 2 aliphatic heterocycles. The molecule has 38 heavy (non-hydrogen) atoms. The quantitative estimate of drug-likeness (QED) is 0.498. The molecule has 1 unspecified atom stereocenters. The van der Waals surface area contributed by atoms with Crippen molar-refractivity contribution in [1.82, 2.24) is 14.7 Å². The van der Waals surface area contributed by atoms with Gasteiger partial charge >= 0.3 is 0 Å². The summed E-state index contributed by atoms with van der Waals surface area (Å²) >= 11 is 0. The molecule has 2 fully saturated rings. The van der Waals surface area contributed by atoms with Crippen molar-refractivity contribution in [2.24, 2.45) is 5.92 Å². The van der Waals surface area contributed by atoms with Crippen molar-refractivity contribution in [1.29, 1.82) is 0 Å². The number of amides is 2. The Kier molecular flexibility index (Phi) is 8.86. The van der Waals surface area contributed by atoms with E-state index in [4.69, 9.17) is 0 Å². The number of nitrogens with zero attached hydrogens (tertiary/aromatic N) is 3. The zero-order valence-corrected chi connectivity index (χ0v) is 23.1. The van der Waals surface area contributed by atoms with Crippen LogP contribution in [0, 0.1) is 17.6 Å². The summed E-state index contributed by atoms with van der Waals surface area (Å²) < 4.78 is 28.6. The first kappa shape index (κ1) is 28.2. The monoisotopic (exact) mass is 525 g/mol. The summed E-state index contributed by atoms with van der Waals surface area (Å²) in [6.45, 7) is 10.9. The van der Waals surface area contributed by atoms with E-state index in [9.17, 15) is 18.4 Å². The van der Waals surface area contributed by atoms with Gasteiger partial charge in [0.05, 0.1) is 12.0 Å². The first-order chi connectivity index (χ1) is 18.1. The maximum atomic E-state index is 14.9. The van der Waals surface area contributed by atoms with Gasteiger partial charge in [0.1, 0.15) is 11.6 Å². The van der Waals surface area contributed by atoms with Gasteiger partial charge in [-0.05, 0) is 57.2 Å². The Morgan fingerprint density at radius 2 is 1.71 bits per heavy atom. The van der Waals surface area contributed by atoms with Crippen molar-refractivity contribution >= 4 is 11.8 Å². The summed E-state index contributed by atoms with van der Waals surface area (Å²) in [4.78, 5) is 33.3. The topological polar surface area (TPSA) is 43.9 Å². The predicted octanol–water partition coefficient (Wildman–Crippen LogP) is 5.77. The van der Waals surface area contributed by atoms with Crippen LogP contribution in [-0.2, 0) is 9.59 Å². The summed E-state index contributed by atoms with van der Waals surface area (Å²) in [7, 11) is 0. The highest BCUT2D eigenvalue weighted by Crippen LogP contribution is 2.39. The van der Waals surface area contributed by atoms with Crippen LogP contribution in [0.15, 0.2) is 48.5 Å². The zero-order valence-electron chi connectivity index (χ0n) is 23.1. The third-order valence-electron chi connectivity index (χ3n) is 8.12. The molecule has 0 N–H and O–H groups in total. The lowest BCUT2D eigenvalue weighted by Crippen LogP contribution is -2.48. The molecule has 0 spiro atoms. The molecular formula is C31H41F2N3O2. The van der Waals surface area contributed by atoms with Crippen LogP contribution in [0.5, 0.6) is 0 Å².